The van der Waals surface area contributed by atoms with Crippen molar-refractivity contribution in [1.82, 2.24) is 4.98 Å². The molecule has 2 heterocycles. The molecular weight excluding hydrogens is 218 g/mol. The van der Waals surface area contributed by atoms with E-state index in [1.54, 1.807) is 27.8 Å². The maximum absolute atomic E-state index is 9.49. The molecule has 0 radical (unpaired) electrons. The molecule has 1 aliphatic rings. The second-order valence-corrected chi connectivity index (χ2v) is 5.45. The van der Waals surface area contributed by atoms with Crippen LogP contribution < -0.4 is 0 Å². The number of aliphatic hydroxyl groups excluding tert-OH is 1. The minimum Gasteiger partial charge on any atom is -0.389 e. The molecule has 2 atom stereocenters. The van der Waals surface area contributed by atoms with Gasteiger partial charge in [-0.15, -0.1) is 0 Å². The topological polar surface area (TPSA) is 42.4 Å². The fraction of sp³-hybridized carbons (Fsp3) is 0.444. The van der Waals surface area contributed by atoms with Crippen molar-refractivity contribution < 1.29 is 9.84 Å². The van der Waals surface area contributed by atoms with Crippen molar-refractivity contribution in [3.05, 3.63) is 24.4 Å². The Morgan fingerprint density at radius 1 is 1.43 bits per heavy atom. The maximum atomic E-state index is 9.49. The highest BCUT2D eigenvalue weighted by Gasteiger charge is 2.27. The van der Waals surface area contributed by atoms with E-state index in [9.17, 15) is 5.11 Å². The van der Waals surface area contributed by atoms with Crippen LogP contribution >= 0.6 is 21.6 Å². The van der Waals surface area contributed by atoms with Crippen molar-refractivity contribution in [2.75, 3.05) is 13.2 Å². The summed E-state index contributed by atoms with van der Waals surface area (Å²) < 4.78 is 5.15. The van der Waals surface area contributed by atoms with E-state index in [0.717, 1.165) is 5.03 Å². The molecule has 0 saturated carbocycles. The highest BCUT2D eigenvalue weighted by molar-refractivity contribution is 8.76. The largest absolute Gasteiger partial charge is 0.389 e. The second kappa shape index (κ2) is 5.02. The third-order valence-electron chi connectivity index (χ3n) is 1.89. The van der Waals surface area contributed by atoms with Crippen LogP contribution in [0.5, 0.6) is 0 Å². The number of hydrogen-bond acceptors (Lipinski definition) is 5. The van der Waals surface area contributed by atoms with Crippen molar-refractivity contribution >= 4 is 21.6 Å². The van der Waals surface area contributed by atoms with Crippen LogP contribution in [0.4, 0.5) is 0 Å². The smallest absolute Gasteiger partial charge is 0.106 e. The van der Waals surface area contributed by atoms with Crippen molar-refractivity contribution in [1.29, 1.82) is 0 Å². The maximum Gasteiger partial charge on any atom is 0.106 e. The summed E-state index contributed by atoms with van der Waals surface area (Å²) in [6.45, 7) is 1.09. The number of aliphatic hydroxyl groups is 1. The van der Waals surface area contributed by atoms with Gasteiger partial charge in [-0.2, -0.15) is 0 Å². The van der Waals surface area contributed by atoms with Crippen LogP contribution in [0.15, 0.2) is 29.4 Å². The molecule has 0 aromatic carbocycles. The van der Waals surface area contributed by atoms with Gasteiger partial charge in [0.05, 0.1) is 24.6 Å². The lowest BCUT2D eigenvalue weighted by molar-refractivity contribution is 0.127. The van der Waals surface area contributed by atoms with Crippen molar-refractivity contribution in [3.8, 4) is 0 Å². The predicted molar refractivity (Wildman–Crippen MR) is 58.3 cm³/mol. The lowest BCUT2D eigenvalue weighted by atomic mass is 10.3. The number of ether oxygens (including phenoxy) is 1. The SMILES string of the molecule is OC1COCC1SSc1ccccn1. The first-order chi connectivity index (χ1) is 6.86. The molecule has 1 aromatic rings. The van der Waals surface area contributed by atoms with Crippen LogP contribution in [0, 0.1) is 0 Å². The molecule has 0 amide bonds. The molecule has 1 fully saturated rings. The summed E-state index contributed by atoms with van der Waals surface area (Å²) in [5, 5.41) is 10.6. The van der Waals surface area contributed by atoms with Crippen molar-refractivity contribution in [2.45, 2.75) is 16.4 Å². The van der Waals surface area contributed by atoms with E-state index in [1.807, 2.05) is 18.2 Å². The number of pyridine rings is 1. The average Bonchev–Trinajstić information content (AvgIpc) is 2.63. The number of hydrogen-bond donors (Lipinski definition) is 1. The molecule has 0 aliphatic carbocycles. The fourth-order valence-electron chi connectivity index (χ4n) is 1.12. The van der Waals surface area contributed by atoms with Gasteiger partial charge in [-0.05, 0) is 22.9 Å². The third-order valence-corrected chi connectivity index (χ3v) is 4.64. The van der Waals surface area contributed by atoms with Crippen LogP contribution in [0.1, 0.15) is 0 Å². The molecule has 1 N–H and O–H groups in total. The summed E-state index contributed by atoms with van der Waals surface area (Å²) in [5.41, 5.74) is 0. The van der Waals surface area contributed by atoms with Crippen LogP contribution in [-0.2, 0) is 4.74 Å². The summed E-state index contributed by atoms with van der Waals surface area (Å²) in [6.07, 6.45) is 1.43. The molecule has 76 valence electrons. The van der Waals surface area contributed by atoms with E-state index in [-0.39, 0.29) is 11.4 Å². The molecule has 3 nitrogen and oxygen atoms in total. The van der Waals surface area contributed by atoms with E-state index in [1.165, 1.54) is 0 Å². The molecule has 0 spiro atoms. The fourth-order valence-corrected chi connectivity index (χ4v) is 3.46. The lowest BCUT2D eigenvalue weighted by Crippen LogP contribution is -2.18. The summed E-state index contributed by atoms with van der Waals surface area (Å²) in [4.78, 5) is 4.18. The first-order valence-electron chi connectivity index (χ1n) is 4.36. The molecule has 1 aliphatic heterocycles. The Hall–Kier alpha value is -0.230. The predicted octanol–water partition coefficient (Wildman–Crippen LogP) is 1.58. The molecule has 2 rings (SSSR count). The Balaban J connectivity index is 1.82. The Labute approximate surface area is 90.7 Å². The zero-order valence-electron chi connectivity index (χ0n) is 7.50. The van der Waals surface area contributed by atoms with Gasteiger partial charge in [0, 0.05) is 6.20 Å². The molecular formula is C9H11NO2S2. The van der Waals surface area contributed by atoms with Crippen LogP contribution in [0.25, 0.3) is 0 Å². The standard InChI is InChI=1S/C9H11NO2S2/c11-7-5-12-6-8(7)13-14-9-3-1-2-4-10-9/h1-4,7-8,11H,5-6H2. The van der Waals surface area contributed by atoms with Gasteiger partial charge >= 0.3 is 0 Å². The van der Waals surface area contributed by atoms with E-state index in [4.69, 9.17) is 4.74 Å². The molecule has 0 bridgehead atoms. The summed E-state index contributed by atoms with van der Waals surface area (Å²) in [7, 11) is 3.21. The minimum absolute atomic E-state index is 0.169. The van der Waals surface area contributed by atoms with E-state index in [2.05, 4.69) is 4.98 Å². The van der Waals surface area contributed by atoms with Crippen LogP contribution in [0.2, 0.25) is 0 Å². The molecule has 2 unspecified atom stereocenters. The van der Waals surface area contributed by atoms with Gasteiger partial charge in [-0.1, -0.05) is 16.9 Å². The van der Waals surface area contributed by atoms with E-state index >= 15 is 0 Å². The van der Waals surface area contributed by atoms with Crippen LogP contribution in [0.3, 0.4) is 0 Å². The second-order valence-electron chi connectivity index (χ2n) is 2.99. The number of aromatic nitrogens is 1. The Morgan fingerprint density at radius 3 is 3.00 bits per heavy atom. The van der Waals surface area contributed by atoms with Gasteiger partial charge in [0.15, 0.2) is 0 Å². The Bertz CT molecular complexity index is 283. The normalized spacial score (nSPS) is 26.6. The Morgan fingerprint density at radius 2 is 2.36 bits per heavy atom. The zero-order chi connectivity index (χ0) is 9.80. The average molecular weight is 229 g/mol. The minimum atomic E-state index is -0.337. The highest BCUT2D eigenvalue weighted by atomic mass is 33.1. The Kier molecular flexibility index (Phi) is 3.69. The van der Waals surface area contributed by atoms with E-state index in [0.29, 0.717) is 13.2 Å². The van der Waals surface area contributed by atoms with E-state index < -0.39 is 0 Å². The molecule has 14 heavy (non-hydrogen) atoms. The van der Waals surface area contributed by atoms with Gasteiger partial charge in [0.2, 0.25) is 0 Å². The van der Waals surface area contributed by atoms with Gasteiger partial charge in [0.25, 0.3) is 0 Å². The van der Waals surface area contributed by atoms with Crippen molar-refractivity contribution in [2.24, 2.45) is 0 Å². The highest BCUT2D eigenvalue weighted by Crippen LogP contribution is 2.36. The quantitative estimate of drug-likeness (QED) is 0.797. The van der Waals surface area contributed by atoms with Gasteiger partial charge in [-0.3, -0.25) is 0 Å². The van der Waals surface area contributed by atoms with Crippen LogP contribution in [-0.4, -0.2) is 34.7 Å². The summed E-state index contributed by atoms with van der Waals surface area (Å²) in [5.74, 6) is 0. The monoisotopic (exact) mass is 229 g/mol. The number of nitrogens with zero attached hydrogens (tertiary/aromatic N) is 1. The number of rotatable bonds is 3. The first kappa shape index (κ1) is 10.3. The summed E-state index contributed by atoms with van der Waals surface area (Å²) >= 11 is 0. The van der Waals surface area contributed by atoms with Crippen molar-refractivity contribution in [3.63, 3.8) is 0 Å². The van der Waals surface area contributed by atoms with Gasteiger partial charge < -0.3 is 9.84 Å². The van der Waals surface area contributed by atoms with Gasteiger partial charge in [0.1, 0.15) is 5.03 Å². The molecule has 5 heteroatoms. The molecule has 1 aromatic heterocycles. The third kappa shape index (κ3) is 2.63. The zero-order valence-corrected chi connectivity index (χ0v) is 9.13. The molecule has 1 saturated heterocycles. The van der Waals surface area contributed by atoms with Gasteiger partial charge in [-0.25, -0.2) is 4.98 Å². The summed E-state index contributed by atoms with van der Waals surface area (Å²) in [6, 6.07) is 5.81. The lowest BCUT2D eigenvalue weighted by Gasteiger charge is -2.09. The first-order valence-corrected chi connectivity index (χ1v) is 6.58.